The fourth-order valence-electron chi connectivity index (χ4n) is 4.61. The number of aliphatic hydroxyl groups excluding tert-OH is 1. The lowest BCUT2D eigenvalue weighted by atomic mass is 9.76. The number of carbonyl (C=O) groups is 3. The van der Waals surface area contributed by atoms with E-state index < -0.39 is 36.2 Å². The smallest absolute Gasteiger partial charge is 0.353 e. The number of hydrogen-bond acceptors (Lipinski definition) is 6. The molecule has 3 fully saturated rings. The second-order valence-corrected chi connectivity index (χ2v) is 6.96. The maximum absolute atomic E-state index is 12.4. The van der Waals surface area contributed by atoms with Gasteiger partial charge in [-0.3, -0.25) is 9.59 Å². The number of Topliss-reactive ketones (excluding diaryl/α,β-unsaturated/α-hetero) is 1. The van der Waals surface area contributed by atoms with E-state index in [0.717, 1.165) is 5.57 Å². The van der Waals surface area contributed by atoms with Crippen LogP contribution in [0.5, 0.6) is 0 Å². The summed E-state index contributed by atoms with van der Waals surface area (Å²) in [7, 11) is 0. The number of fused-ring (bicyclic) bond motifs is 3. The quantitative estimate of drug-likeness (QED) is 0.603. The second kappa shape index (κ2) is 5.44. The molecule has 0 aromatic carbocycles. The van der Waals surface area contributed by atoms with E-state index in [2.05, 4.69) is 6.58 Å². The first-order valence-corrected chi connectivity index (χ1v) is 8.03. The molecule has 1 N–H and O–H groups in total. The van der Waals surface area contributed by atoms with Gasteiger partial charge in [-0.25, -0.2) is 4.79 Å². The lowest BCUT2D eigenvalue weighted by Crippen LogP contribution is -2.50. The number of hydrogen-bond donors (Lipinski definition) is 1. The number of allylic oxidation sites excluding steroid dienone is 1. The molecule has 126 valence electrons. The van der Waals surface area contributed by atoms with Crippen molar-refractivity contribution in [1.82, 2.24) is 0 Å². The Balaban J connectivity index is 2.03. The Bertz CT molecular complexity index is 582. The molecule has 23 heavy (non-hydrogen) atoms. The highest BCUT2D eigenvalue weighted by Crippen LogP contribution is 2.53. The summed E-state index contributed by atoms with van der Waals surface area (Å²) in [6.45, 7) is 6.55. The Labute approximate surface area is 134 Å². The normalized spacial score (nSPS) is 42.7. The zero-order valence-electron chi connectivity index (χ0n) is 13.4. The van der Waals surface area contributed by atoms with Crippen molar-refractivity contribution in [2.75, 3.05) is 6.61 Å². The maximum atomic E-state index is 12.4. The van der Waals surface area contributed by atoms with E-state index in [1.54, 1.807) is 0 Å². The molecule has 0 radical (unpaired) electrons. The molecule has 3 aliphatic rings. The molecule has 3 rings (SSSR count). The Morgan fingerprint density at radius 3 is 2.78 bits per heavy atom. The second-order valence-electron chi connectivity index (χ2n) is 6.96. The molecule has 2 aliphatic carbocycles. The molecule has 0 amide bonds. The van der Waals surface area contributed by atoms with Gasteiger partial charge in [-0.15, -0.1) is 0 Å². The molecule has 1 aliphatic heterocycles. The number of ketones is 1. The molecule has 1 heterocycles. The summed E-state index contributed by atoms with van der Waals surface area (Å²) in [5.74, 6) is -2.05. The third-order valence-electron chi connectivity index (χ3n) is 5.80. The van der Waals surface area contributed by atoms with Crippen molar-refractivity contribution < 1.29 is 29.0 Å². The van der Waals surface area contributed by atoms with E-state index in [0.29, 0.717) is 19.3 Å². The van der Waals surface area contributed by atoms with Gasteiger partial charge in [0.15, 0.2) is 0 Å². The topological polar surface area (TPSA) is 89.9 Å². The van der Waals surface area contributed by atoms with Crippen LogP contribution >= 0.6 is 0 Å². The van der Waals surface area contributed by atoms with Crippen molar-refractivity contribution in [3.8, 4) is 0 Å². The van der Waals surface area contributed by atoms with Gasteiger partial charge in [0.05, 0.1) is 6.61 Å². The molecule has 6 heteroatoms. The van der Waals surface area contributed by atoms with Crippen molar-refractivity contribution in [2.24, 2.45) is 23.7 Å². The summed E-state index contributed by atoms with van der Waals surface area (Å²) in [6, 6.07) is 0. The van der Waals surface area contributed by atoms with E-state index in [1.807, 2.05) is 6.92 Å². The summed E-state index contributed by atoms with van der Waals surface area (Å²) in [5, 5.41) is 9.82. The largest absolute Gasteiger partial charge is 0.459 e. The molecular formula is C17H22O6. The predicted octanol–water partition coefficient (Wildman–Crippen LogP) is 1.01. The first-order chi connectivity index (χ1) is 10.8. The molecule has 0 bridgehead atoms. The van der Waals surface area contributed by atoms with Crippen LogP contribution in [-0.2, 0) is 23.9 Å². The Hall–Kier alpha value is -1.69. The Kier molecular flexibility index (Phi) is 3.83. The van der Waals surface area contributed by atoms with Gasteiger partial charge in [-0.1, -0.05) is 19.1 Å². The van der Waals surface area contributed by atoms with Gasteiger partial charge in [-0.05, 0) is 18.8 Å². The zero-order chi connectivity index (χ0) is 16.9. The van der Waals surface area contributed by atoms with Gasteiger partial charge in [-0.2, -0.15) is 0 Å². The van der Waals surface area contributed by atoms with Crippen molar-refractivity contribution in [1.29, 1.82) is 0 Å². The maximum Gasteiger partial charge on any atom is 0.353 e. The third-order valence-corrected chi connectivity index (χ3v) is 5.80. The molecule has 0 aromatic heterocycles. The summed E-state index contributed by atoms with van der Waals surface area (Å²) in [5.41, 5.74) is -0.676. The highest BCUT2D eigenvalue weighted by atomic mass is 16.6. The monoisotopic (exact) mass is 322 g/mol. The van der Waals surface area contributed by atoms with Crippen LogP contribution in [-0.4, -0.2) is 41.1 Å². The number of carbonyl (C=O) groups excluding carboxylic acids is 3. The van der Waals surface area contributed by atoms with Gasteiger partial charge in [0.1, 0.15) is 11.9 Å². The average Bonchev–Trinajstić information content (AvgIpc) is 2.87. The van der Waals surface area contributed by atoms with Crippen molar-refractivity contribution >= 4 is 17.7 Å². The summed E-state index contributed by atoms with van der Waals surface area (Å²) in [4.78, 5) is 36.1. The van der Waals surface area contributed by atoms with Crippen molar-refractivity contribution in [3.63, 3.8) is 0 Å². The SMILES string of the molecule is C=C1CC[C@@H]2[C@H](OC(=O)[C@@]2(CO)OC(C)=O)[C@H]2[C@H](C)C(=O)C[C@@H]12. The van der Waals surface area contributed by atoms with Crippen LogP contribution < -0.4 is 0 Å². The first kappa shape index (κ1) is 16.2. The fourth-order valence-corrected chi connectivity index (χ4v) is 4.61. The van der Waals surface area contributed by atoms with Crippen molar-refractivity contribution in [3.05, 3.63) is 12.2 Å². The van der Waals surface area contributed by atoms with Crippen LogP contribution in [0.4, 0.5) is 0 Å². The first-order valence-electron chi connectivity index (χ1n) is 8.03. The van der Waals surface area contributed by atoms with Crippen LogP contribution in [0.1, 0.15) is 33.1 Å². The van der Waals surface area contributed by atoms with Gasteiger partial charge in [0.2, 0.25) is 5.60 Å². The summed E-state index contributed by atoms with van der Waals surface area (Å²) in [6.07, 6.45) is 1.06. The Morgan fingerprint density at radius 1 is 1.48 bits per heavy atom. The molecule has 0 aromatic rings. The molecule has 6 atom stereocenters. The number of rotatable bonds is 2. The minimum absolute atomic E-state index is 0.00730. The van der Waals surface area contributed by atoms with E-state index in [-0.39, 0.29) is 23.5 Å². The number of ether oxygens (including phenoxy) is 2. The zero-order valence-corrected chi connectivity index (χ0v) is 13.4. The highest BCUT2D eigenvalue weighted by Gasteiger charge is 2.65. The van der Waals surface area contributed by atoms with E-state index >= 15 is 0 Å². The number of aliphatic hydroxyl groups is 1. The van der Waals surface area contributed by atoms with Crippen LogP contribution in [0.15, 0.2) is 12.2 Å². The van der Waals surface area contributed by atoms with Crippen LogP contribution in [0.2, 0.25) is 0 Å². The molecule has 2 saturated carbocycles. The standard InChI is InChI=1S/C17H22O6/c1-8-4-5-12-15(14-9(2)13(20)6-11(8)14)22-16(21)17(12,7-18)23-10(3)19/h9,11-12,14-15,18H,1,4-7H2,2-3H3/t9-,11+,12-,14+,15+,17+/m1/s1. The van der Waals surface area contributed by atoms with Crippen LogP contribution in [0, 0.1) is 23.7 Å². The molecule has 0 spiro atoms. The molecule has 0 unspecified atom stereocenters. The Morgan fingerprint density at radius 2 is 2.17 bits per heavy atom. The molecule has 1 saturated heterocycles. The molecular weight excluding hydrogens is 300 g/mol. The predicted molar refractivity (Wildman–Crippen MR) is 79.1 cm³/mol. The van der Waals surface area contributed by atoms with Gasteiger partial charge in [0.25, 0.3) is 0 Å². The van der Waals surface area contributed by atoms with Gasteiger partial charge in [0, 0.05) is 31.1 Å². The third kappa shape index (κ3) is 2.23. The minimum Gasteiger partial charge on any atom is -0.459 e. The number of esters is 2. The summed E-state index contributed by atoms with van der Waals surface area (Å²) >= 11 is 0. The minimum atomic E-state index is -1.66. The average molecular weight is 322 g/mol. The van der Waals surface area contributed by atoms with Crippen LogP contribution in [0.3, 0.4) is 0 Å². The lowest BCUT2D eigenvalue weighted by molar-refractivity contribution is -0.179. The van der Waals surface area contributed by atoms with Gasteiger partial charge >= 0.3 is 11.9 Å². The van der Waals surface area contributed by atoms with E-state index in [1.165, 1.54) is 6.92 Å². The molecule has 6 nitrogen and oxygen atoms in total. The van der Waals surface area contributed by atoms with Crippen molar-refractivity contribution in [2.45, 2.75) is 44.8 Å². The van der Waals surface area contributed by atoms with Crippen LogP contribution in [0.25, 0.3) is 0 Å². The van der Waals surface area contributed by atoms with E-state index in [4.69, 9.17) is 9.47 Å². The van der Waals surface area contributed by atoms with Gasteiger partial charge < -0.3 is 14.6 Å². The van der Waals surface area contributed by atoms with E-state index in [9.17, 15) is 19.5 Å². The lowest BCUT2D eigenvalue weighted by Gasteiger charge is -2.31. The highest BCUT2D eigenvalue weighted by molar-refractivity contribution is 5.87. The fraction of sp³-hybridized carbons (Fsp3) is 0.706. The summed E-state index contributed by atoms with van der Waals surface area (Å²) < 4.78 is 10.8.